The molecule has 1 amide bonds. The summed E-state index contributed by atoms with van der Waals surface area (Å²) >= 11 is 0. The standard InChI is InChI=1S/C31H34N4O2/c1-22-10-9-11-23(2)30(22)32-28(37)21-35-18-16-34(17-19-35)20-27(36)29-25-14-7-8-15-26(25)33(3)31(29)24-12-5-4-6-13-24/h4-15H,16-21H2,1-3H3,(H,32,37). The van der Waals surface area contributed by atoms with Crippen LogP contribution in [0.1, 0.15) is 21.5 Å². The number of Topliss-reactive ketones (excluding diaryl/α,β-unsaturated/α-hetero) is 1. The summed E-state index contributed by atoms with van der Waals surface area (Å²) in [4.78, 5) is 30.8. The fourth-order valence-electron chi connectivity index (χ4n) is 5.39. The average Bonchev–Trinajstić information content (AvgIpc) is 3.20. The summed E-state index contributed by atoms with van der Waals surface area (Å²) in [5, 5.41) is 4.08. The highest BCUT2D eigenvalue weighted by molar-refractivity contribution is 6.14. The zero-order chi connectivity index (χ0) is 25.9. The molecular formula is C31H34N4O2. The van der Waals surface area contributed by atoms with E-state index in [1.807, 2.05) is 75.5 Å². The van der Waals surface area contributed by atoms with Crippen molar-refractivity contribution in [2.75, 3.05) is 44.6 Å². The number of ketones is 1. The van der Waals surface area contributed by atoms with Crippen LogP contribution in [-0.4, -0.2) is 65.3 Å². The van der Waals surface area contributed by atoms with E-state index in [4.69, 9.17) is 0 Å². The Kier molecular flexibility index (Phi) is 7.22. The van der Waals surface area contributed by atoms with E-state index in [9.17, 15) is 9.59 Å². The van der Waals surface area contributed by atoms with Crippen LogP contribution in [0.15, 0.2) is 72.8 Å². The highest BCUT2D eigenvalue weighted by atomic mass is 16.2. The van der Waals surface area contributed by atoms with E-state index in [2.05, 4.69) is 37.9 Å². The number of hydrogen-bond acceptors (Lipinski definition) is 4. The van der Waals surface area contributed by atoms with Crippen molar-refractivity contribution >= 4 is 28.3 Å². The molecule has 37 heavy (non-hydrogen) atoms. The molecule has 0 aliphatic carbocycles. The minimum Gasteiger partial charge on any atom is -0.343 e. The highest BCUT2D eigenvalue weighted by Crippen LogP contribution is 2.33. The van der Waals surface area contributed by atoms with Crippen LogP contribution in [0.5, 0.6) is 0 Å². The topological polar surface area (TPSA) is 57.6 Å². The average molecular weight is 495 g/mol. The van der Waals surface area contributed by atoms with Gasteiger partial charge in [-0.25, -0.2) is 0 Å². The first-order valence-corrected chi connectivity index (χ1v) is 12.9. The van der Waals surface area contributed by atoms with E-state index in [0.717, 1.165) is 70.7 Å². The molecule has 1 aliphatic heterocycles. The number of carbonyl (C=O) groups excluding carboxylic acids is 2. The summed E-state index contributed by atoms with van der Waals surface area (Å²) in [6.07, 6.45) is 0. The maximum atomic E-state index is 13.7. The third-order valence-corrected chi connectivity index (χ3v) is 7.38. The smallest absolute Gasteiger partial charge is 0.238 e. The number of piperazine rings is 1. The molecule has 0 atom stereocenters. The Morgan fingerprint density at radius 1 is 0.757 bits per heavy atom. The second-order valence-corrected chi connectivity index (χ2v) is 9.96. The van der Waals surface area contributed by atoms with Gasteiger partial charge < -0.3 is 9.88 Å². The molecule has 1 aliphatic rings. The molecule has 4 aromatic rings. The van der Waals surface area contributed by atoms with Crippen molar-refractivity contribution in [2.45, 2.75) is 13.8 Å². The molecule has 5 rings (SSSR count). The molecule has 0 saturated carbocycles. The number of rotatable bonds is 7. The van der Waals surface area contributed by atoms with Gasteiger partial charge >= 0.3 is 0 Å². The van der Waals surface area contributed by atoms with Gasteiger partial charge in [0.25, 0.3) is 0 Å². The van der Waals surface area contributed by atoms with Crippen LogP contribution in [0, 0.1) is 13.8 Å². The molecule has 0 spiro atoms. The number of amides is 1. The fourth-order valence-corrected chi connectivity index (χ4v) is 5.39. The van der Waals surface area contributed by atoms with Gasteiger partial charge in [0, 0.05) is 49.8 Å². The van der Waals surface area contributed by atoms with Gasteiger partial charge in [-0.1, -0.05) is 66.7 Å². The van der Waals surface area contributed by atoms with Crippen LogP contribution in [0.4, 0.5) is 5.69 Å². The Labute approximate surface area is 218 Å². The van der Waals surface area contributed by atoms with Gasteiger partial charge in [0.15, 0.2) is 5.78 Å². The number of benzene rings is 3. The minimum absolute atomic E-state index is 0.00480. The molecule has 3 aromatic carbocycles. The summed E-state index contributed by atoms with van der Waals surface area (Å²) < 4.78 is 2.13. The Morgan fingerprint density at radius 2 is 1.35 bits per heavy atom. The number of nitrogens with one attached hydrogen (secondary N) is 1. The van der Waals surface area contributed by atoms with Crippen molar-refractivity contribution in [3.8, 4) is 11.3 Å². The van der Waals surface area contributed by atoms with Crippen molar-refractivity contribution in [2.24, 2.45) is 7.05 Å². The van der Waals surface area contributed by atoms with E-state index < -0.39 is 0 Å². The van der Waals surface area contributed by atoms with Gasteiger partial charge in [-0.3, -0.25) is 19.4 Å². The molecule has 1 N–H and O–H groups in total. The van der Waals surface area contributed by atoms with Gasteiger partial charge in [0.2, 0.25) is 5.91 Å². The first kappa shape index (κ1) is 24.9. The first-order chi connectivity index (χ1) is 17.9. The number of fused-ring (bicyclic) bond motifs is 1. The molecule has 0 unspecified atom stereocenters. The third kappa shape index (κ3) is 5.22. The maximum Gasteiger partial charge on any atom is 0.238 e. The highest BCUT2D eigenvalue weighted by Gasteiger charge is 2.26. The molecule has 1 aromatic heterocycles. The Morgan fingerprint density at radius 3 is 2.03 bits per heavy atom. The van der Waals surface area contributed by atoms with E-state index in [-0.39, 0.29) is 11.7 Å². The quantitative estimate of drug-likeness (QED) is 0.371. The van der Waals surface area contributed by atoms with Gasteiger partial charge in [-0.2, -0.15) is 0 Å². The Balaban J connectivity index is 1.25. The SMILES string of the molecule is Cc1cccc(C)c1NC(=O)CN1CCN(CC(=O)c2c(-c3ccccc3)n(C)c3ccccc23)CC1. The summed E-state index contributed by atoms with van der Waals surface area (Å²) in [5.74, 6) is 0.141. The van der Waals surface area contributed by atoms with Crippen LogP contribution in [0.2, 0.25) is 0 Å². The predicted octanol–water partition coefficient (Wildman–Crippen LogP) is 4.90. The molecule has 1 saturated heterocycles. The zero-order valence-electron chi connectivity index (χ0n) is 21.8. The lowest BCUT2D eigenvalue weighted by molar-refractivity contribution is -0.117. The normalized spacial score (nSPS) is 14.7. The third-order valence-electron chi connectivity index (χ3n) is 7.38. The molecule has 6 nitrogen and oxygen atoms in total. The van der Waals surface area contributed by atoms with Crippen molar-refractivity contribution < 1.29 is 9.59 Å². The lowest BCUT2D eigenvalue weighted by Crippen LogP contribution is -2.49. The number of anilines is 1. The molecule has 0 radical (unpaired) electrons. The zero-order valence-corrected chi connectivity index (χ0v) is 21.8. The number of carbonyl (C=O) groups is 2. The molecular weight excluding hydrogens is 460 g/mol. The predicted molar refractivity (Wildman–Crippen MR) is 150 cm³/mol. The number of aromatic nitrogens is 1. The van der Waals surface area contributed by atoms with Gasteiger partial charge in [-0.15, -0.1) is 0 Å². The summed E-state index contributed by atoms with van der Waals surface area (Å²) in [6.45, 7) is 7.78. The molecule has 190 valence electrons. The van der Waals surface area contributed by atoms with Crippen molar-refractivity contribution in [1.82, 2.24) is 14.4 Å². The van der Waals surface area contributed by atoms with Crippen LogP contribution >= 0.6 is 0 Å². The second-order valence-electron chi connectivity index (χ2n) is 9.96. The number of aryl methyl sites for hydroxylation is 3. The second kappa shape index (κ2) is 10.7. The molecule has 6 heteroatoms. The van der Waals surface area contributed by atoms with Crippen molar-refractivity contribution in [3.05, 3.63) is 89.5 Å². The van der Waals surface area contributed by atoms with Crippen LogP contribution in [-0.2, 0) is 11.8 Å². The van der Waals surface area contributed by atoms with E-state index in [0.29, 0.717) is 13.1 Å². The molecule has 1 fully saturated rings. The summed E-state index contributed by atoms with van der Waals surface area (Å²) in [7, 11) is 2.03. The Bertz CT molecular complexity index is 1410. The number of para-hydroxylation sites is 2. The van der Waals surface area contributed by atoms with Crippen LogP contribution in [0.25, 0.3) is 22.2 Å². The fraction of sp³-hybridized carbons (Fsp3) is 0.290. The van der Waals surface area contributed by atoms with E-state index >= 15 is 0 Å². The van der Waals surface area contributed by atoms with Crippen molar-refractivity contribution in [3.63, 3.8) is 0 Å². The number of hydrogen-bond donors (Lipinski definition) is 1. The molecule has 2 heterocycles. The molecule has 0 bridgehead atoms. The van der Waals surface area contributed by atoms with E-state index in [1.54, 1.807) is 0 Å². The lowest BCUT2D eigenvalue weighted by Gasteiger charge is -2.34. The maximum absolute atomic E-state index is 13.7. The van der Waals surface area contributed by atoms with Gasteiger partial charge in [0.05, 0.1) is 24.3 Å². The minimum atomic E-state index is 0.00480. The van der Waals surface area contributed by atoms with Crippen LogP contribution < -0.4 is 5.32 Å². The first-order valence-electron chi connectivity index (χ1n) is 12.9. The lowest BCUT2D eigenvalue weighted by atomic mass is 10.0. The van der Waals surface area contributed by atoms with Gasteiger partial charge in [0.1, 0.15) is 0 Å². The monoisotopic (exact) mass is 494 g/mol. The Hall–Kier alpha value is -3.74. The van der Waals surface area contributed by atoms with E-state index in [1.165, 1.54) is 0 Å². The van der Waals surface area contributed by atoms with Crippen LogP contribution in [0.3, 0.4) is 0 Å². The summed E-state index contributed by atoms with van der Waals surface area (Å²) in [6, 6.07) is 24.3. The summed E-state index contributed by atoms with van der Waals surface area (Å²) in [5.41, 5.74) is 6.91. The van der Waals surface area contributed by atoms with Crippen molar-refractivity contribution in [1.29, 1.82) is 0 Å². The largest absolute Gasteiger partial charge is 0.343 e. The van der Waals surface area contributed by atoms with Gasteiger partial charge in [-0.05, 0) is 36.6 Å². The number of nitrogens with zero attached hydrogens (tertiary/aromatic N) is 3.